The molecule has 1 nitrogen and oxygen atoms in total. The first kappa shape index (κ1) is 12.9. The minimum Gasteiger partial charge on any atom is -0.300 e. The minimum absolute atomic E-state index is 0.642. The highest BCUT2D eigenvalue weighted by Crippen LogP contribution is 2.44. The van der Waals surface area contributed by atoms with E-state index in [1.54, 1.807) is 0 Å². The van der Waals surface area contributed by atoms with Gasteiger partial charge < -0.3 is 0 Å². The molecule has 0 amide bonds. The summed E-state index contributed by atoms with van der Waals surface area (Å²) in [4.78, 5) is 2.81. The molecular weight excluding hydrogens is 262 g/mol. The molecule has 1 aliphatic heterocycles. The summed E-state index contributed by atoms with van der Waals surface area (Å²) in [5.41, 5.74) is 0.642. The molecular formula is C14H26BrN. The van der Waals surface area contributed by atoms with Crippen molar-refractivity contribution < 1.29 is 0 Å². The lowest BCUT2D eigenvalue weighted by Gasteiger charge is -2.47. The number of piperidine rings is 1. The standard InChI is InChI=1S/C14H26BrN/c1-2-6-13-7-3-4-10-16(13)12-14(11-15)8-5-9-14/h13H,2-12H2,1H3. The molecule has 2 fully saturated rings. The van der Waals surface area contributed by atoms with Gasteiger partial charge in [-0.15, -0.1) is 0 Å². The second-order valence-corrected chi connectivity index (χ2v) is 6.46. The van der Waals surface area contributed by atoms with Crippen molar-refractivity contribution in [3.05, 3.63) is 0 Å². The van der Waals surface area contributed by atoms with Gasteiger partial charge in [0, 0.05) is 17.9 Å². The summed E-state index contributed by atoms with van der Waals surface area (Å²) in [5.74, 6) is 0. The van der Waals surface area contributed by atoms with E-state index in [1.165, 1.54) is 69.8 Å². The van der Waals surface area contributed by atoms with Crippen LogP contribution < -0.4 is 0 Å². The number of halogens is 1. The summed E-state index contributed by atoms with van der Waals surface area (Å²) in [6.45, 7) is 5.05. The molecule has 0 spiro atoms. The average Bonchev–Trinajstić information content (AvgIpc) is 2.26. The number of likely N-dealkylation sites (tertiary alicyclic amines) is 1. The van der Waals surface area contributed by atoms with Crippen LogP contribution in [-0.2, 0) is 0 Å². The van der Waals surface area contributed by atoms with Crippen molar-refractivity contribution in [1.82, 2.24) is 4.90 Å². The van der Waals surface area contributed by atoms with Gasteiger partial charge in [0.15, 0.2) is 0 Å². The maximum absolute atomic E-state index is 3.74. The van der Waals surface area contributed by atoms with Crippen LogP contribution in [0.1, 0.15) is 58.3 Å². The zero-order valence-corrected chi connectivity index (χ0v) is 12.3. The largest absolute Gasteiger partial charge is 0.300 e. The van der Waals surface area contributed by atoms with Crippen LogP contribution in [0.15, 0.2) is 0 Å². The second kappa shape index (κ2) is 5.86. The third-order valence-corrected chi connectivity index (χ3v) is 5.80. The Bertz CT molecular complexity index is 205. The first-order chi connectivity index (χ1) is 7.79. The van der Waals surface area contributed by atoms with Crippen LogP contribution in [0.5, 0.6) is 0 Å². The predicted molar refractivity (Wildman–Crippen MR) is 74.2 cm³/mol. The van der Waals surface area contributed by atoms with Crippen molar-refractivity contribution in [2.75, 3.05) is 18.4 Å². The van der Waals surface area contributed by atoms with Crippen molar-refractivity contribution in [3.63, 3.8) is 0 Å². The highest BCUT2D eigenvalue weighted by Gasteiger charge is 2.39. The van der Waals surface area contributed by atoms with Crippen molar-refractivity contribution in [2.24, 2.45) is 5.41 Å². The first-order valence-corrected chi connectivity index (χ1v) is 8.22. The molecule has 2 aliphatic rings. The molecule has 1 saturated carbocycles. The number of hydrogen-bond donors (Lipinski definition) is 0. The SMILES string of the molecule is CCCC1CCCCN1CC1(CBr)CCC1. The fourth-order valence-electron chi connectivity index (χ4n) is 3.37. The smallest absolute Gasteiger partial charge is 0.0100 e. The number of hydrogen-bond acceptors (Lipinski definition) is 1. The lowest BCUT2D eigenvalue weighted by atomic mass is 9.69. The molecule has 1 saturated heterocycles. The van der Waals surface area contributed by atoms with Gasteiger partial charge in [-0.2, -0.15) is 0 Å². The van der Waals surface area contributed by atoms with Crippen molar-refractivity contribution in [2.45, 2.75) is 64.3 Å². The molecule has 0 N–H and O–H groups in total. The van der Waals surface area contributed by atoms with E-state index in [-0.39, 0.29) is 0 Å². The highest BCUT2D eigenvalue weighted by atomic mass is 79.9. The Morgan fingerprint density at radius 2 is 2.06 bits per heavy atom. The van der Waals surface area contributed by atoms with Crippen LogP contribution >= 0.6 is 15.9 Å². The average molecular weight is 288 g/mol. The molecule has 1 atom stereocenters. The van der Waals surface area contributed by atoms with Gasteiger partial charge >= 0.3 is 0 Å². The van der Waals surface area contributed by atoms with Crippen molar-refractivity contribution in [3.8, 4) is 0 Å². The molecule has 94 valence electrons. The summed E-state index contributed by atoms with van der Waals surface area (Å²) < 4.78 is 0. The molecule has 0 aromatic heterocycles. The Morgan fingerprint density at radius 3 is 2.62 bits per heavy atom. The third-order valence-electron chi connectivity index (χ3n) is 4.61. The molecule has 2 heteroatoms. The van der Waals surface area contributed by atoms with Gasteiger partial charge in [0.25, 0.3) is 0 Å². The zero-order chi connectivity index (χ0) is 11.4. The van der Waals surface area contributed by atoms with Gasteiger partial charge in [-0.1, -0.05) is 42.1 Å². The molecule has 1 heterocycles. The highest BCUT2D eigenvalue weighted by molar-refractivity contribution is 9.09. The van der Waals surface area contributed by atoms with E-state index in [2.05, 4.69) is 27.8 Å². The molecule has 0 radical (unpaired) electrons. The molecule has 2 rings (SSSR count). The van der Waals surface area contributed by atoms with Gasteiger partial charge in [-0.25, -0.2) is 0 Å². The van der Waals surface area contributed by atoms with E-state index in [0.29, 0.717) is 5.41 Å². The van der Waals surface area contributed by atoms with E-state index in [9.17, 15) is 0 Å². The van der Waals surface area contributed by atoms with Crippen LogP contribution in [0.25, 0.3) is 0 Å². The fourth-order valence-corrected chi connectivity index (χ4v) is 4.11. The molecule has 0 aromatic rings. The quantitative estimate of drug-likeness (QED) is 0.685. The van der Waals surface area contributed by atoms with Gasteiger partial charge in [0.1, 0.15) is 0 Å². The first-order valence-electron chi connectivity index (χ1n) is 7.10. The predicted octanol–water partition coefficient (Wildman–Crippen LogP) is 4.21. The second-order valence-electron chi connectivity index (χ2n) is 5.90. The number of nitrogens with zero attached hydrogens (tertiary/aromatic N) is 1. The Morgan fingerprint density at radius 1 is 1.25 bits per heavy atom. The summed E-state index contributed by atoms with van der Waals surface area (Å²) in [5, 5.41) is 1.22. The molecule has 16 heavy (non-hydrogen) atoms. The maximum Gasteiger partial charge on any atom is 0.0100 e. The van der Waals surface area contributed by atoms with Gasteiger partial charge in [0.2, 0.25) is 0 Å². The molecule has 0 bridgehead atoms. The van der Waals surface area contributed by atoms with Gasteiger partial charge in [-0.05, 0) is 44.1 Å². The van der Waals surface area contributed by atoms with E-state index in [0.717, 1.165) is 6.04 Å². The number of rotatable bonds is 5. The summed E-state index contributed by atoms with van der Waals surface area (Å²) in [6.07, 6.45) is 11.5. The Balaban J connectivity index is 1.89. The Kier molecular flexibility index (Phi) is 4.72. The minimum atomic E-state index is 0.642. The van der Waals surface area contributed by atoms with Crippen LogP contribution in [0.4, 0.5) is 0 Å². The van der Waals surface area contributed by atoms with Crippen LogP contribution in [0.2, 0.25) is 0 Å². The van der Waals surface area contributed by atoms with Crippen molar-refractivity contribution >= 4 is 15.9 Å². The third kappa shape index (κ3) is 2.81. The molecule has 0 aromatic carbocycles. The Labute approximate surface area is 109 Å². The van der Waals surface area contributed by atoms with E-state index < -0.39 is 0 Å². The fraction of sp³-hybridized carbons (Fsp3) is 1.00. The van der Waals surface area contributed by atoms with Gasteiger partial charge in [0.05, 0.1) is 0 Å². The molecule has 1 aliphatic carbocycles. The van der Waals surface area contributed by atoms with Crippen LogP contribution in [0.3, 0.4) is 0 Å². The summed E-state index contributed by atoms with van der Waals surface area (Å²) in [7, 11) is 0. The summed E-state index contributed by atoms with van der Waals surface area (Å²) in [6, 6.07) is 0.898. The monoisotopic (exact) mass is 287 g/mol. The van der Waals surface area contributed by atoms with Crippen molar-refractivity contribution in [1.29, 1.82) is 0 Å². The normalized spacial score (nSPS) is 30.0. The van der Waals surface area contributed by atoms with Gasteiger partial charge in [-0.3, -0.25) is 4.90 Å². The Hall–Kier alpha value is 0.440. The molecule has 1 unspecified atom stereocenters. The topological polar surface area (TPSA) is 3.24 Å². The van der Waals surface area contributed by atoms with Crippen LogP contribution in [-0.4, -0.2) is 29.4 Å². The van der Waals surface area contributed by atoms with E-state index in [1.807, 2.05) is 0 Å². The van der Waals surface area contributed by atoms with E-state index >= 15 is 0 Å². The van der Waals surface area contributed by atoms with E-state index in [4.69, 9.17) is 0 Å². The summed E-state index contributed by atoms with van der Waals surface area (Å²) >= 11 is 3.74. The van der Waals surface area contributed by atoms with Crippen LogP contribution in [0, 0.1) is 5.41 Å². The lowest BCUT2D eigenvalue weighted by Crippen LogP contribution is -2.49. The zero-order valence-electron chi connectivity index (χ0n) is 10.7. The lowest BCUT2D eigenvalue weighted by molar-refractivity contribution is 0.0433. The number of alkyl halides is 1. The maximum atomic E-state index is 3.74.